The molecule has 0 aliphatic carbocycles. The summed E-state index contributed by atoms with van der Waals surface area (Å²) in [5.74, 6) is -0.920. The van der Waals surface area contributed by atoms with Gasteiger partial charge in [0.1, 0.15) is 0 Å². The Morgan fingerprint density at radius 2 is 2.00 bits per heavy atom. The Labute approximate surface area is 59.9 Å². The molecule has 0 aliphatic rings. The van der Waals surface area contributed by atoms with Gasteiger partial charge in [-0.1, -0.05) is 0 Å². The van der Waals surface area contributed by atoms with Crippen molar-refractivity contribution in [3.05, 3.63) is 0 Å². The fraction of sp³-hybridized carbons (Fsp3) is 1.00. The van der Waals surface area contributed by atoms with E-state index in [1.54, 1.807) is 0 Å². The number of hydrogen-bond acceptors (Lipinski definition) is 2. The maximum Gasteiger partial charge on any atom is 0.301 e. The van der Waals surface area contributed by atoms with Crippen LogP contribution in [0.5, 0.6) is 0 Å². The Kier molecular flexibility index (Phi) is 5.66. The second-order valence-electron chi connectivity index (χ2n) is 1.68. The summed E-state index contributed by atoms with van der Waals surface area (Å²) in [6.07, 6.45) is 0. The van der Waals surface area contributed by atoms with Gasteiger partial charge in [0, 0.05) is 5.92 Å². The van der Waals surface area contributed by atoms with Gasteiger partial charge < -0.3 is 0 Å². The van der Waals surface area contributed by atoms with E-state index in [-0.39, 0.29) is 6.61 Å². The molecular formula is C4H8F2O3S. The molecule has 1 atom stereocenters. The van der Waals surface area contributed by atoms with E-state index >= 15 is 0 Å². The molecule has 0 spiro atoms. The smallest absolute Gasteiger partial charge is 0.284 e. The molecule has 62 valence electrons. The standard InChI is InChI=1S/C4H8F2O3S/c5-1-4(2-6)3-9-10(7)8/h4H,1-3H2,(H,7,8). The molecule has 0 saturated heterocycles. The third kappa shape index (κ3) is 4.78. The highest BCUT2D eigenvalue weighted by molar-refractivity contribution is 7.74. The van der Waals surface area contributed by atoms with Crippen molar-refractivity contribution in [1.29, 1.82) is 0 Å². The normalized spacial score (nSPS) is 14.0. The summed E-state index contributed by atoms with van der Waals surface area (Å²) < 4.78 is 45.0. The lowest BCUT2D eigenvalue weighted by Crippen LogP contribution is -2.14. The second-order valence-corrected chi connectivity index (χ2v) is 2.35. The van der Waals surface area contributed by atoms with E-state index in [1.165, 1.54) is 0 Å². The minimum absolute atomic E-state index is 0.365. The zero-order valence-electron chi connectivity index (χ0n) is 5.13. The number of alkyl halides is 2. The zero-order chi connectivity index (χ0) is 7.98. The molecule has 1 N–H and O–H groups in total. The maximum atomic E-state index is 11.6. The van der Waals surface area contributed by atoms with Crippen LogP contribution in [0.25, 0.3) is 0 Å². The molecule has 0 fully saturated rings. The zero-order valence-corrected chi connectivity index (χ0v) is 5.94. The van der Waals surface area contributed by atoms with Crippen LogP contribution in [0.3, 0.4) is 0 Å². The molecule has 0 aromatic heterocycles. The quantitative estimate of drug-likeness (QED) is 0.624. The third-order valence-corrected chi connectivity index (χ3v) is 1.18. The van der Waals surface area contributed by atoms with Crippen molar-refractivity contribution in [2.75, 3.05) is 20.0 Å². The summed E-state index contributed by atoms with van der Waals surface area (Å²) in [7, 11) is 0. The Balaban J connectivity index is 3.34. The van der Waals surface area contributed by atoms with Crippen LogP contribution in [0, 0.1) is 5.92 Å². The van der Waals surface area contributed by atoms with Gasteiger partial charge in [-0.15, -0.1) is 0 Å². The van der Waals surface area contributed by atoms with E-state index in [9.17, 15) is 13.0 Å². The highest BCUT2D eigenvalue weighted by Crippen LogP contribution is 1.99. The Morgan fingerprint density at radius 3 is 2.30 bits per heavy atom. The van der Waals surface area contributed by atoms with Crippen LogP contribution >= 0.6 is 0 Å². The van der Waals surface area contributed by atoms with E-state index in [0.29, 0.717) is 0 Å². The van der Waals surface area contributed by atoms with Crippen LogP contribution in [0.2, 0.25) is 0 Å². The van der Waals surface area contributed by atoms with Crippen molar-refractivity contribution in [2.24, 2.45) is 5.92 Å². The van der Waals surface area contributed by atoms with Crippen molar-refractivity contribution >= 4 is 11.4 Å². The summed E-state index contributed by atoms with van der Waals surface area (Å²) in [6.45, 7) is -2.13. The molecule has 0 amide bonds. The van der Waals surface area contributed by atoms with E-state index in [4.69, 9.17) is 4.55 Å². The van der Waals surface area contributed by atoms with Gasteiger partial charge in [-0.25, -0.2) is 0 Å². The van der Waals surface area contributed by atoms with Crippen LogP contribution in [0.1, 0.15) is 0 Å². The number of hydrogen-bond donors (Lipinski definition) is 1. The Bertz CT molecular complexity index is 107. The van der Waals surface area contributed by atoms with Gasteiger partial charge in [-0.2, -0.15) is 4.21 Å². The van der Waals surface area contributed by atoms with Crippen molar-refractivity contribution in [3.63, 3.8) is 0 Å². The Morgan fingerprint density at radius 1 is 1.50 bits per heavy atom. The van der Waals surface area contributed by atoms with E-state index in [1.807, 2.05) is 0 Å². The van der Waals surface area contributed by atoms with Crippen LogP contribution < -0.4 is 0 Å². The summed E-state index contributed by atoms with van der Waals surface area (Å²) in [4.78, 5) is 0. The summed E-state index contributed by atoms with van der Waals surface area (Å²) in [6, 6.07) is 0. The molecule has 0 radical (unpaired) electrons. The van der Waals surface area contributed by atoms with Crippen molar-refractivity contribution in [1.82, 2.24) is 0 Å². The first-order chi connectivity index (χ1) is 4.70. The molecule has 0 aliphatic heterocycles. The number of halogens is 2. The van der Waals surface area contributed by atoms with Gasteiger partial charge in [-0.3, -0.25) is 17.5 Å². The van der Waals surface area contributed by atoms with Gasteiger partial charge in [0.25, 0.3) is 0 Å². The Hall–Kier alpha value is -0.0700. The first-order valence-electron chi connectivity index (χ1n) is 2.56. The first-order valence-corrected chi connectivity index (χ1v) is 3.60. The molecule has 0 rings (SSSR count). The molecule has 3 nitrogen and oxygen atoms in total. The molecule has 1 unspecified atom stereocenters. The van der Waals surface area contributed by atoms with Crippen LogP contribution in [-0.2, 0) is 15.5 Å². The summed E-state index contributed by atoms with van der Waals surface area (Å²) in [5, 5.41) is 0. The average molecular weight is 174 g/mol. The highest BCUT2D eigenvalue weighted by atomic mass is 32.2. The SMILES string of the molecule is O=S(O)OCC(CF)CF. The highest BCUT2D eigenvalue weighted by Gasteiger charge is 2.09. The molecular weight excluding hydrogens is 166 g/mol. The monoisotopic (exact) mass is 174 g/mol. The lowest BCUT2D eigenvalue weighted by Gasteiger charge is -2.04. The topological polar surface area (TPSA) is 46.5 Å². The molecule has 0 aromatic rings. The summed E-state index contributed by atoms with van der Waals surface area (Å²) >= 11 is -2.42. The molecule has 0 aromatic carbocycles. The average Bonchev–Trinajstić information content (AvgIpc) is 1.90. The van der Waals surface area contributed by atoms with E-state index in [0.717, 1.165) is 0 Å². The van der Waals surface area contributed by atoms with Gasteiger partial charge in [0.2, 0.25) is 0 Å². The molecule has 0 saturated carbocycles. The van der Waals surface area contributed by atoms with Crippen LogP contribution in [0.15, 0.2) is 0 Å². The number of rotatable bonds is 5. The fourth-order valence-corrected chi connectivity index (χ4v) is 0.594. The predicted molar refractivity (Wildman–Crippen MR) is 32.2 cm³/mol. The van der Waals surface area contributed by atoms with Crippen molar-refractivity contribution in [3.8, 4) is 0 Å². The van der Waals surface area contributed by atoms with Crippen molar-refractivity contribution in [2.45, 2.75) is 0 Å². The molecule has 10 heavy (non-hydrogen) atoms. The third-order valence-electron chi connectivity index (χ3n) is 0.841. The maximum absolute atomic E-state index is 11.6. The molecule has 6 heteroatoms. The van der Waals surface area contributed by atoms with Crippen molar-refractivity contribution < 1.29 is 21.7 Å². The first kappa shape index (κ1) is 9.93. The van der Waals surface area contributed by atoms with Gasteiger partial charge >= 0.3 is 11.4 Å². The second kappa shape index (κ2) is 5.70. The minimum Gasteiger partial charge on any atom is -0.284 e. The van der Waals surface area contributed by atoms with Gasteiger partial charge in [0.05, 0.1) is 20.0 Å². The lowest BCUT2D eigenvalue weighted by atomic mass is 10.2. The van der Waals surface area contributed by atoms with Crippen LogP contribution in [-0.4, -0.2) is 28.7 Å². The largest absolute Gasteiger partial charge is 0.301 e. The lowest BCUT2D eigenvalue weighted by molar-refractivity contribution is 0.188. The van der Waals surface area contributed by atoms with E-state index in [2.05, 4.69) is 4.18 Å². The molecule has 0 bridgehead atoms. The van der Waals surface area contributed by atoms with Gasteiger partial charge in [0.15, 0.2) is 0 Å². The fourth-order valence-electron chi connectivity index (χ4n) is 0.285. The molecule has 0 heterocycles. The van der Waals surface area contributed by atoms with E-state index < -0.39 is 30.6 Å². The minimum atomic E-state index is -2.42. The summed E-state index contributed by atoms with van der Waals surface area (Å²) in [5.41, 5.74) is 0. The van der Waals surface area contributed by atoms with Crippen LogP contribution in [0.4, 0.5) is 8.78 Å². The predicted octanol–water partition coefficient (Wildman–Crippen LogP) is 0.695. The van der Waals surface area contributed by atoms with Gasteiger partial charge in [-0.05, 0) is 0 Å².